The van der Waals surface area contributed by atoms with Crippen LogP contribution in [-0.4, -0.2) is 40.1 Å². The molecule has 1 fully saturated rings. The van der Waals surface area contributed by atoms with Crippen molar-refractivity contribution in [3.05, 3.63) is 22.7 Å². The van der Waals surface area contributed by atoms with Gasteiger partial charge in [-0.2, -0.15) is 0 Å². The molecule has 0 radical (unpaired) electrons. The molecule has 0 aromatic carbocycles. The molecule has 2 rings (SSSR count). The van der Waals surface area contributed by atoms with Gasteiger partial charge in [-0.1, -0.05) is 6.92 Å². The number of hydrogen-bond acceptors (Lipinski definition) is 4. The van der Waals surface area contributed by atoms with E-state index in [0.717, 1.165) is 32.5 Å². The second-order valence-corrected chi connectivity index (χ2v) is 5.43. The molecule has 1 aliphatic rings. The summed E-state index contributed by atoms with van der Waals surface area (Å²) in [6.07, 6.45) is 5.60. The van der Waals surface area contributed by atoms with Crippen LogP contribution in [0.2, 0.25) is 0 Å². The number of aromatic nitrogens is 2. The Kier molecular flexibility index (Phi) is 4.58. The van der Waals surface area contributed by atoms with Gasteiger partial charge in [-0.05, 0) is 33.2 Å². The zero-order valence-corrected chi connectivity index (χ0v) is 12.1. The molecule has 0 aliphatic carbocycles. The molecule has 1 saturated heterocycles. The summed E-state index contributed by atoms with van der Waals surface area (Å²) >= 11 is 0. The first-order valence-corrected chi connectivity index (χ1v) is 7.17. The Bertz CT molecular complexity index is 461. The standard InChI is InChI=1S/C14H24N4O/c1-4-17-8-5-12(6-9-17)16-13-14(19)18(11(2)3)10-7-15-13/h7,10-12H,4-6,8-9H2,1-3H3,(H,15,16). The molecule has 0 saturated carbocycles. The highest BCUT2D eigenvalue weighted by atomic mass is 16.1. The number of likely N-dealkylation sites (tertiary alicyclic amines) is 1. The highest BCUT2D eigenvalue weighted by molar-refractivity contribution is 5.32. The predicted octanol–water partition coefficient (Wildman–Crippen LogP) is 1.72. The maximum absolute atomic E-state index is 12.2. The second-order valence-electron chi connectivity index (χ2n) is 5.43. The van der Waals surface area contributed by atoms with Gasteiger partial charge < -0.3 is 14.8 Å². The van der Waals surface area contributed by atoms with Gasteiger partial charge in [0.1, 0.15) is 0 Å². The molecule has 1 N–H and O–H groups in total. The summed E-state index contributed by atoms with van der Waals surface area (Å²) in [6.45, 7) is 9.50. The molecule has 106 valence electrons. The minimum atomic E-state index is -0.0181. The van der Waals surface area contributed by atoms with Crippen molar-refractivity contribution in [2.45, 2.75) is 45.7 Å². The first-order chi connectivity index (χ1) is 9.11. The Hall–Kier alpha value is -1.36. The van der Waals surface area contributed by atoms with E-state index in [1.807, 2.05) is 13.8 Å². The van der Waals surface area contributed by atoms with Gasteiger partial charge in [0.25, 0.3) is 5.56 Å². The van der Waals surface area contributed by atoms with Gasteiger partial charge in [0.15, 0.2) is 5.82 Å². The Balaban J connectivity index is 2.04. The minimum absolute atomic E-state index is 0.0181. The average molecular weight is 264 g/mol. The summed E-state index contributed by atoms with van der Waals surface area (Å²) < 4.78 is 1.72. The molecule has 2 heterocycles. The lowest BCUT2D eigenvalue weighted by Crippen LogP contribution is -2.40. The number of nitrogens with zero attached hydrogens (tertiary/aromatic N) is 3. The van der Waals surface area contributed by atoms with Crippen LogP contribution in [0.5, 0.6) is 0 Å². The fourth-order valence-electron chi connectivity index (χ4n) is 2.52. The Labute approximate surface area is 114 Å². The molecule has 0 bridgehead atoms. The SMILES string of the molecule is CCN1CCC(Nc2nccn(C(C)C)c2=O)CC1. The van der Waals surface area contributed by atoms with E-state index in [-0.39, 0.29) is 11.6 Å². The van der Waals surface area contributed by atoms with Crippen LogP contribution >= 0.6 is 0 Å². The Morgan fingerprint density at radius 1 is 1.42 bits per heavy atom. The van der Waals surface area contributed by atoms with Gasteiger partial charge in [-0.25, -0.2) is 4.98 Å². The van der Waals surface area contributed by atoms with Crippen molar-refractivity contribution in [1.82, 2.24) is 14.5 Å². The van der Waals surface area contributed by atoms with E-state index in [0.29, 0.717) is 11.9 Å². The van der Waals surface area contributed by atoms with Gasteiger partial charge in [-0.15, -0.1) is 0 Å². The molecule has 0 atom stereocenters. The minimum Gasteiger partial charge on any atom is -0.363 e. The second kappa shape index (κ2) is 6.19. The van der Waals surface area contributed by atoms with Crippen LogP contribution in [0.15, 0.2) is 17.2 Å². The van der Waals surface area contributed by atoms with Crippen LogP contribution in [-0.2, 0) is 0 Å². The smallest absolute Gasteiger partial charge is 0.293 e. The Morgan fingerprint density at radius 2 is 2.11 bits per heavy atom. The molecule has 1 aliphatic heterocycles. The third-order valence-electron chi connectivity index (χ3n) is 3.80. The molecule has 1 aromatic rings. The quantitative estimate of drug-likeness (QED) is 0.899. The van der Waals surface area contributed by atoms with Crippen molar-refractivity contribution in [3.63, 3.8) is 0 Å². The normalized spacial score (nSPS) is 17.9. The van der Waals surface area contributed by atoms with Crippen molar-refractivity contribution in [2.75, 3.05) is 25.0 Å². The summed E-state index contributed by atoms with van der Waals surface area (Å²) in [5, 5.41) is 3.32. The first kappa shape index (κ1) is 14.1. The van der Waals surface area contributed by atoms with Crippen molar-refractivity contribution in [2.24, 2.45) is 0 Å². The van der Waals surface area contributed by atoms with E-state index in [2.05, 4.69) is 22.1 Å². The summed E-state index contributed by atoms with van der Waals surface area (Å²) in [6, 6.07) is 0.531. The van der Waals surface area contributed by atoms with E-state index < -0.39 is 0 Å². The van der Waals surface area contributed by atoms with Gasteiger partial charge in [0, 0.05) is 37.6 Å². The summed E-state index contributed by atoms with van der Waals surface area (Å²) in [5.74, 6) is 0.492. The lowest BCUT2D eigenvalue weighted by molar-refractivity contribution is 0.229. The van der Waals surface area contributed by atoms with Crippen molar-refractivity contribution in [1.29, 1.82) is 0 Å². The average Bonchev–Trinajstić information content (AvgIpc) is 2.41. The third kappa shape index (κ3) is 3.35. The topological polar surface area (TPSA) is 50.2 Å². The predicted molar refractivity (Wildman–Crippen MR) is 77.6 cm³/mol. The van der Waals surface area contributed by atoms with E-state index in [1.54, 1.807) is 17.0 Å². The number of nitrogens with one attached hydrogen (secondary N) is 1. The first-order valence-electron chi connectivity index (χ1n) is 7.17. The molecule has 0 unspecified atom stereocenters. The number of piperidine rings is 1. The molecule has 5 nitrogen and oxygen atoms in total. The summed E-state index contributed by atoms with van der Waals surface area (Å²) in [7, 11) is 0. The van der Waals surface area contributed by atoms with Gasteiger partial charge in [-0.3, -0.25) is 4.79 Å². The van der Waals surface area contributed by atoms with Gasteiger partial charge in [0.2, 0.25) is 0 Å². The van der Waals surface area contributed by atoms with Gasteiger partial charge >= 0.3 is 0 Å². The van der Waals surface area contributed by atoms with Crippen LogP contribution in [0.3, 0.4) is 0 Å². The molecular formula is C14H24N4O. The van der Waals surface area contributed by atoms with Crippen LogP contribution in [0.1, 0.15) is 39.7 Å². The number of anilines is 1. The zero-order valence-electron chi connectivity index (χ0n) is 12.1. The lowest BCUT2D eigenvalue weighted by atomic mass is 10.1. The molecule has 1 aromatic heterocycles. The molecule has 0 amide bonds. The highest BCUT2D eigenvalue weighted by Gasteiger charge is 2.19. The van der Waals surface area contributed by atoms with Crippen molar-refractivity contribution < 1.29 is 0 Å². The maximum atomic E-state index is 12.2. The molecule has 0 spiro atoms. The largest absolute Gasteiger partial charge is 0.363 e. The van der Waals surface area contributed by atoms with Crippen LogP contribution < -0.4 is 10.9 Å². The van der Waals surface area contributed by atoms with Crippen LogP contribution in [0, 0.1) is 0 Å². The van der Waals surface area contributed by atoms with E-state index in [9.17, 15) is 4.79 Å². The van der Waals surface area contributed by atoms with Crippen LogP contribution in [0.4, 0.5) is 5.82 Å². The van der Waals surface area contributed by atoms with E-state index >= 15 is 0 Å². The third-order valence-corrected chi connectivity index (χ3v) is 3.80. The van der Waals surface area contributed by atoms with E-state index in [1.165, 1.54) is 0 Å². The Morgan fingerprint density at radius 3 is 2.68 bits per heavy atom. The fourth-order valence-corrected chi connectivity index (χ4v) is 2.52. The highest BCUT2D eigenvalue weighted by Crippen LogP contribution is 2.13. The summed E-state index contributed by atoms with van der Waals surface area (Å²) in [5.41, 5.74) is -0.0181. The molecule has 19 heavy (non-hydrogen) atoms. The number of rotatable bonds is 4. The number of hydrogen-bond donors (Lipinski definition) is 1. The van der Waals surface area contributed by atoms with Crippen molar-refractivity contribution >= 4 is 5.82 Å². The zero-order chi connectivity index (χ0) is 13.8. The van der Waals surface area contributed by atoms with Crippen molar-refractivity contribution in [3.8, 4) is 0 Å². The molecule has 5 heteroatoms. The monoisotopic (exact) mass is 264 g/mol. The maximum Gasteiger partial charge on any atom is 0.293 e. The van der Waals surface area contributed by atoms with E-state index in [4.69, 9.17) is 0 Å². The fraction of sp³-hybridized carbons (Fsp3) is 0.714. The molecular weight excluding hydrogens is 240 g/mol. The van der Waals surface area contributed by atoms with Gasteiger partial charge in [0.05, 0.1) is 0 Å². The summed E-state index contributed by atoms with van der Waals surface area (Å²) in [4.78, 5) is 18.9. The lowest BCUT2D eigenvalue weighted by Gasteiger charge is -2.31. The van der Waals surface area contributed by atoms with Crippen LogP contribution in [0.25, 0.3) is 0 Å².